The fourth-order valence-corrected chi connectivity index (χ4v) is 5.36. The molecule has 0 bridgehead atoms. The molecule has 1 N–H and O–H groups in total. The summed E-state index contributed by atoms with van der Waals surface area (Å²) in [5.41, 5.74) is 1.98. The largest absolute Gasteiger partial charge is 0.497 e. The second kappa shape index (κ2) is 9.65. The van der Waals surface area contributed by atoms with Crippen LogP contribution in [0.25, 0.3) is 22.2 Å². The van der Waals surface area contributed by atoms with E-state index in [-0.39, 0.29) is 23.1 Å². The Morgan fingerprint density at radius 2 is 1.97 bits per heavy atom. The fourth-order valence-electron chi connectivity index (χ4n) is 5.36. The number of rotatable bonds is 6. The minimum Gasteiger partial charge on any atom is -0.497 e. The predicted molar refractivity (Wildman–Crippen MR) is 135 cm³/mol. The predicted octanol–water partition coefficient (Wildman–Crippen LogP) is 7.37. The van der Waals surface area contributed by atoms with Crippen molar-refractivity contribution in [2.24, 2.45) is 5.92 Å². The number of halogens is 3. The van der Waals surface area contributed by atoms with Gasteiger partial charge in [-0.2, -0.15) is 13.2 Å². The van der Waals surface area contributed by atoms with E-state index in [1.165, 1.54) is 12.1 Å². The molecule has 4 aromatic rings. The highest BCUT2D eigenvalue weighted by Crippen LogP contribution is 2.43. The van der Waals surface area contributed by atoms with E-state index in [4.69, 9.17) is 9.15 Å². The van der Waals surface area contributed by atoms with Crippen LogP contribution in [0.4, 0.5) is 13.2 Å². The maximum atomic E-state index is 13.7. The third-order valence-electron chi connectivity index (χ3n) is 7.15. The maximum Gasteiger partial charge on any atom is 0.417 e. The summed E-state index contributed by atoms with van der Waals surface area (Å²) in [7, 11) is 1.61. The van der Waals surface area contributed by atoms with Crippen LogP contribution >= 0.6 is 0 Å². The lowest BCUT2D eigenvalue weighted by molar-refractivity contribution is -0.138. The first kappa shape index (κ1) is 25.0. The number of hydrogen-bond acceptors (Lipinski definition) is 3. The van der Waals surface area contributed by atoms with Gasteiger partial charge in [0.15, 0.2) is 0 Å². The van der Waals surface area contributed by atoms with Gasteiger partial charge in [-0.15, -0.1) is 0 Å². The Hall–Kier alpha value is -3.68. The number of aromatic amines is 1. The Kier molecular flexibility index (Phi) is 6.52. The molecule has 2 aromatic heterocycles. The maximum absolute atomic E-state index is 13.7. The summed E-state index contributed by atoms with van der Waals surface area (Å²) >= 11 is 0. The number of carbonyl (C=O) groups is 1. The van der Waals surface area contributed by atoms with Crippen LogP contribution < -0.4 is 4.74 Å². The summed E-state index contributed by atoms with van der Waals surface area (Å²) in [6, 6.07) is 13.8. The van der Waals surface area contributed by atoms with Gasteiger partial charge < -0.3 is 19.0 Å². The number of methoxy groups -OCH3 is 1. The van der Waals surface area contributed by atoms with E-state index in [1.807, 2.05) is 32.0 Å². The van der Waals surface area contributed by atoms with Crippen LogP contribution in [0, 0.1) is 5.92 Å². The molecule has 2 aromatic carbocycles. The van der Waals surface area contributed by atoms with Crippen LogP contribution in [0.5, 0.6) is 5.75 Å². The van der Waals surface area contributed by atoms with Crippen LogP contribution in [0.2, 0.25) is 0 Å². The number of carbonyl (C=O) groups excluding carboxylic acids is 1. The molecule has 0 unspecified atom stereocenters. The van der Waals surface area contributed by atoms with E-state index < -0.39 is 17.8 Å². The molecular weight excluding hydrogens is 481 g/mol. The Bertz CT molecular complexity index is 1440. The van der Waals surface area contributed by atoms with Gasteiger partial charge in [-0.05, 0) is 54.8 Å². The average molecular weight is 511 g/mol. The molecule has 3 heterocycles. The Balaban J connectivity index is 1.64. The number of ether oxygens (including phenoxy) is 1. The zero-order valence-corrected chi connectivity index (χ0v) is 21.0. The highest BCUT2D eigenvalue weighted by molar-refractivity contribution is 5.88. The van der Waals surface area contributed by atoms with Crippen LogP contribution in [-0.4, -0.2) is 29.4 Å². The number of nitrogens with one attached hydrogen (secondary N) is 1. The standard InChI is InChI=1S/C29H29F3N2O3/c1-4-7-17(2)28(35)34-15-14-19-21-16-18(36-3)10-11-23(21)33-26(19)27(34)25-13-12-24(37-25)20-8-5-6-9-22(20)29(30,31)32/h5-6,8-13,16-17,27,33H,4,7,14-15H2,1-3H3/t17-,27+/m1/s1. The molecule has 8 heteroatoms. The molecule has 1 aliphatic heterocycles. The number of fused-ring (bicyclic) bond motifs is 3. The highest BCUT2D eigenvalue weighted by atomic mass is 19.4. The van der Waals surface area contributed by atoms with E-state index in [9.17, 15) is 18.0 Å². The molecule has 1 aliphatic rings. The van der Waals surface area contributed by atoms with E-state index in [0.29, 0.717) is 18.7 Å². The quantitative estimate of drug-likeness (QED) is 0.295. The van der Waals surface area contributed by atoms with Crippen molar-refractivity contribution in [2.45, 2.75) is 45.3 Å². The smallest absolute Gasteiger partial charge is 0.417 e. The second-order valence-corrected chi connectivity index (χ2v) is 9.55. The first-order chi connectivity index (χ1) is 17.7. The van der Waals surface area contributed by atoms with Gasteiger partial charge in [0, 0.05) is 28.9 Å². The zero-order valence-electron chi connectivity index (χ0n) is 21.0. The highest BCUT2D eigenvalue weighted by Gasteiger charge is 2.39. The number of hydrogen-bond donors (Lipinski definition) is 1. The summed E-state index contributed by atoms with van der Waals surface area (Å²) in [5, 5.41) is 1.00. The van der Waals surface area contributed by atoms with Crippen LogP contribution in [0.1, 0.15) is 55.3 Å². The van der Waals surface area contributed by atoms with E-state index >= 15 is 0 Å². The monoisotopic (exact) mass is 510 g/mol. The number of nitrogens with zero attached hydrogens (tertiary/aromatic N) is 1. The molecule has 0 aliphatic carbocycles. The van der Waals surface area contributed by atoms with Gasteiger partial charge >= 0.3 is 6.18 Å². The number of furan rings is 1. The van der Waals surface area contributed by atoms with E-state index in [0.717, 1.165) is 46.8 Å². The molecule has 5 rings (SSSR count). The third kappa shape index (κ3) is 4.49. The minimum atomic E-state index is -4.52. The van der Waals surface area contributed by atoms with Crippen LogP contribution in [-0.2, 0) is 17.4 Å². The lowest BCUT2D eigenvalue weighted by Crippen LogP contribution is -2.43. The molecule has 0 saturated carbocycles. The van der Waals surface area contributed by atoms with Gasteiger partial charge in [0.2, 0.25) is 5.91 Å². The fraction of sp³-hybridized carbons (Fsp3) is 0.345. The molecule has 0 radical (unpaired) electrons. The molecule has 0 spiro atoms. The third-order valence-corrected chi connectivity index (χ3v) is 7.15. The van der Waals surface area contributed by atoms with Gasteiger partial charge in [-0.1, -0.05) is 38.5 Å². The SMILES string of the molecule is CCC[C@@H](C)C(=O)N1CCc2c([nH]c3ccc(OC)cc23)[C@@H]1c1ccc(-c2ccccc2C(F)(F)F)o1. The summed E-state index contributed by atoms with van der Waals surface area (Å²) < 4.78 is 52.6. The van der Waals surface area contributed by atoms with Gasteiger partial charge in [0.25, 0.3) is 0 Å². The van der Waals surface area contributed by atoms with Crippen molar-refractivity contribution in [3.63, 3.8) is 0 Å². The normalized spacial score (nSPS) is 16.6. The van der Waals surface area contributed by atoms with Gasteiger partial charge in [-0.3, -0.25) is 4.79 Å². The molecule has 0 saturated heterocycles. The first-order valence-corrected chi connectivity index (χ1v) is 12.5. The Morgan fingerprint density at radius 3 is 2.70 bits per heavy atom. The molecule has 0 fully saturated rings. The van der Waals surface area contributed by atoms with Gasteiger partial charge in [-0.25, -0.2) is 0 Å². The molecule has 37 heavy (non-hydrogen) atoms. The summed E-state index contributed by atoms with van der Waals surface area (Å²) in [4.78, 5) is 18.8. The van der Waals surface area contributed by atoms with Crippen molar-refractivity contribution in [1.82, 2.24) is 9.88 Å². The number of benzene rings is 2. The lowest BCUT2D eigenvalue weighted by Gasteiger charge is -2.36. The summed E-state index contributed by atoms with van der Waals surface area (Å²) in [5.74, 6) is 1.08. The topological polar surface area (TPSA) is 58.5 Å². The zero-order chi connectivity index (χ0) is 26.3. The van der Waals surface area contributed by atoms with Gasteiger partial charge in [0.1, 0.15) is 23.3 Å². The lowest BCUT2D eigenvalue weighted by atomic mass is 9.93. The molecule has 5 nitrogen and oxygen atoms in total. The van der Waals surface area contributed by atoms with Crippen molar-refractivity contribution in [2.75, 3.05) is 13.7 Å². The average Bonchev–Trinajstić information content (AvgIpc) is 3.52. The number of H-pyrrole nitrogens is 1. The molecular formula is C29H29F3N2O3. The van der Waals surface area contributed by atoms with Gasteiger partial charge in [0.05, 0.1) is 18.4 Å². The Morgan fingerprint density at radius 1 is 1.19 bits per heavy atom. The second-order valence-electron chi connectivity index (χ2n) is 9.55. The number of alkyl halides is 3. The molecule has 194 valence electrons. The van der Waals surface area contributed by atoms with Crippen molar-refractivity contribution in [3.05, 3.63) is 77.2 Å². The van der Waals surface area contributed by atoms with E-state index in [1.54, 1.807) is 30.2 Å². The minimum absolute atomic E-state index is 0.00220. The van der Waals surface area contributed by atoms with Crippen LogP contribution in [0.15, 0.2) is 59.0 Å². The van der Waals surface area contributed by atoms with Crippen molar-refractivity contribution in [3.8, 4) is 17.1 Å². The first-order valence-electron chi connectivity index (χ1n) is 12.5. The molecule has 2 atom stereocenters. The van der Waals surface area contributed by atoms with E-state index in [2.05, 4.69) is 4.98 Å². The number of amides is 1. The summed E-state index contributed by atoms with van der Waals surface area (Å²) in [6.07, 6.45) is -2.24. The molecule has 1 amide bonds. The van der Waals surface area contributed by atoms with Crippen molar-refractivity contribution >= 4 is 16.8 Å². The number of aromatic nitrogens is 1. The summed E-state index contributed by atoms with van der Waals surface area (Å²) in [6.45, 7) is 4.43. The van der Waals surface area contributed by atoms with Crippen LogP contribution in [0.3, 0.4) is 0 Å². The van der Waals surface area contributed by atoms with Crippen molar-refractivity contribution < 1.29 is 27.1 Å². The van der Waals surface area contributed by atoms with Crippen molar-refractivity contribution in [1.29, 1.82) is 0 Å². The Labute approximate surface area is 213 Å².